The molecular weight excluding hydrogens is 220 g/mol. The van der Waals surface area contributed by atoms with Gasteiger partial charge in [0.25, 0.3) is 0 Å². The lowest BCUT2D eigenvalue weighted by Crippen LogP contribution is -2.08. The van der Waals surface area contributed by atoms with Crippen molar-refractivity contribution in [2.75, 3.05) is 5.75 Å². The maximum absolute atomic E-state index is 12.0. The molecule has 0 saturated heterocycles. The molecule has 0 spiro atoms. The van der Waals surface area contributed by atoms with Gasteiger partial charge in [-0.15, -0.1) is 0 Å². The quantitative estimate of drug-likeness (QED) is 0.759. The molecule has 1 aromatic rings. The zero-order valence-corrected chi connectivity index (χ0v) is 11.1. The van der Waals surface area contributed by atoms with Crippen molar-refractivity contribution in [3.05, 3.63) is 41.0 Å². The average Bonchev–Trinajstić information content (AvgIpc) is 2.23. The van der Waals surface area contributed by atoms with E-state index in [1.54, 1.807) is 18.2 Å². The highest BCUT2D eigenvalue weighted by Crippen LogP contribution is 2.22. The molecule has 0 amide bonds. The van der Waals surface area contributed by atoms with Gasteiger partial charge in [0.05, 0.1) is 10.6 Å². The van der Waals surface area contributed by atoms with Crippen LogP contribution in [0.1, 0.15) is 23.6 Å². The topological polar surface area (TPSA) is 34.1 Å². The van der Waals surface area contributed by atoms with Gasteiger partial charge in [-0.25, -0.2) is 8.42 Å². The second-order valence-electron chi connectivity index (χ2n) is 3.98. The van der Waals surface area contributed by atoms with Crippen LogP contribution in [0.15, 0.2) is 29.2 Å². The van der Waals surface area contributed by atoms with Gasteiger partial charge in [0.15, 0.2) is 9.84 Å². The number of allylic oxidation sites excluding steroid dienone is 1. The second-order valence-corrected chi connectivity index (χ2v) is 5.98. The molecule has 1 aromatic carbocycles. The van der Waals surface area contributed by atoms with E-state index in [2.05, 4.69) is 0 Å². The molecule has 0 bridgehead atoms. The van der Waals surface area contributed by atoms with Crippen molar-refractivity contribution < 1.29 is 8.42 Å². The molecule has 2 nitrogen and oxygen atoms in total. The molecule has 0 fully saturated rings. The van der Waals surface area contributed by atoms with Crippen LogP contribution in [0.25, 0.3) is 0 Å². The van der Waals surface area contributed by atoms with Gasteiger partial charge in [-0.1, -0.05) is 18.2 Å². The van der Waals surface area contributed by atoms with E-state index >= 15 is 0 Å². The number of benzene rings is 1. The summed E-state index contributed by atoms with van der Waals surface area (Å²) in [6.45, 7) is 7.64. The summed E-state index contributed by atoms with van der Waals surface area (Å²) in [5.41, 5.74) is 3.05. The fourth-order valence-electron chi connectivity index (χ4n) is 1.58. The van der Waals surface area contributed by atoms with Crippen LogP contribution in [0.5, 0.6) is 0 Å². The van der Waals surface area contributed by atoms with E-state index < -0.39 is 9.84 Å². The Kier molecular flexibility index (Phi) is 3.92. The van der Waals surface area contributed by atoms with Crippen molar-refractivity contribution in [2.24, 2.45) is 0 Å². The Morgan fingerprint density at radius 3 is 2.31 bits per heavy atom. The summed E-state index contributed by atoms with van der Waals surface area (Å²) in [5.74, 6) is 0.0762. The van der Waals surface area contributed by atoms with Crippen molar-refractivity contribution in [1.29, 1.82) is 0 Å². The van der Waals surface area contributed by atoms with Crippen LogP contribution in [0.2, 0.25) is 0 Å². The van der Waals surface area contributed by atoms with Crippen molar-refractivity contribution in [1.82, 2.24) is 0 Å². The Morgan fingerprint density at radius 2 is 1.75 bits per heavy atom. The Balaban J connectivity index is 3.30. The summed E-state index contributed by atoms with van der Waals surface area (Å²) in [6, 6.07) is 3.57. The highest BCUT2D eigenvalue weighted by atomic mass is 32.2. The number of hydrogen-bond acceptors (Lipinski definition) is 2. The fraction of sp³-hybridized carbons (Fsp3) is 0.385. The highest BCUT2D eigenvalue weighted by molar-refractivity contribution is 7.91. The van der Waals surface area contributed by atoms with Crippen molar-refractivity contribution in [3.8, 4) is 0 Å². The SMILES string of the molecule is CC=CCS(=O)(=O)c1ccc(C)c(C)c1C. The lowest BCUT2D eigenvalue weighted by molar-refractivity contribution is 0.598. The summed E-state index contributed by atoms with van der Waals surface area (Å²) >= 11 is 0. The molecule has 0 aliphatic rings. The summed E-state index contributed by atoms with van der Waals surface area (Å²) in [6.07, 6.45) is 3.43. The Bertz CT molecular complexity index is 511. The van der Waals surface area contributed by atoms with Gasteiger partial charge in [0.1, 0.15) is 0 Å². The van der Waals surface area contributed by atoms with E-state index in [1.165, 1.54) is 0 Å². The van der Waals surface area contributed by atoms with Crippen LogP contribution in [0.3, 0.4) is 0 Å². The van der Waals surface area contributed by atoms with Gasteiger partial charge in [0, 0.05) is 0 Å². The number of rotatable bonds is 3. The van der Waals surface area contributed by atoms with Gasteiger partial charge >= 0.3 is 0 Å². The molecule has 88 valence electrons. The molecule has 1 rings (SSSR count). The van der Waals surface area contributed by atoms with Crippen molar-refractivity contribution >= 4 is 9.84 Å². The fourth-order valence-corrected chi connectivity index (χ4v) is 3.10. The van der Waals surface area contributed by atoms with Crippen LogP contribution in [-0.4, -0.2) is 14.2 Å². The van der Waals surface area contributed by atoms with Gasteiger partial charge in [-0.05, 0) is 50.5 Å². The predicted octanol–water partition coefficient (Wildman–Crippen LogP) is 2.96. The molecule has 3 heteroatoms. The van der Waals surface area contributed by atoms with Crippen LogP contribution < -0.4 is 0 Å². The summed E-state index contributed by atoms with van der Waals surface area (Å²) in [7, 11) is -3.18. The lowest BCUT2D eigenvalue weighted by atomic mass is 10.1. The molecule has 0 unspecified atom stereocenters. The molecule has 0 aromatic heterocycles. The normalized spacial score (nSPS) is 12.2. The first-order valence-electron chi connectivity index (χ1n) is 5.31. The number of sulfone groups is 1. The number of aryl methyl sites for hydroxylation is 1. The van der Waals surface area contributed by atoms with Gasteiger partial charge in [0.2, 0.25) is 0 Å². The summed E-state index contributed by atoms with van der Waals surface area (Å²) in [5, 5.41) is 0. The third kappa shape index (κ3) is 2.53. The Hall–Kier alpha value is -1.09. The first-order valence-corrected chi connectivity index (χ1v) is 6.96. The minimum absolute atomic E-state index is 0.0762. The smallest absolute Gasteiger partial charge is 0.182 e. The highest BCUT2D eigenvalue weighted by Gasteiger charge is 2.16. The molecule has 0 heterocycles. The van der Waals surface area contributed by atoms with Crippen LogP contribution in [0.4, 0.5) is 0 Å². The molecule has 0 N–H and O–H groups in total. The van der Waals surface area contributed by atoms with Gasteiger partial charge < -0.3 is 0 Å². The van der Waals surface area contributed by atoms with Crippen LogP contribution in [-0.2, 0) is 9.84 Å². The molecule has 0 radical (unpaired) electrons. The summed E-state index contributed by atoms with van der Waals surface area (Å²) < 4.78 is 24.0. The maximum atomic E-state index is 12.0. The zero-order chi connectivity index (χ0) is 12.3. The first-order chi connectivity index (χ1) is 7.40. The molecule has 0 atom stereocenters. The zero-order valence-electron chi connectivity index (χ0n) is 10.2. The van der Waals surface area contributed by atoms with E-state index in [0.717, 1.165) is 16.7 Å². The second kappa shape index (κ2) is 4.83. The Morgan fingerprint density at radius 1 is 1.12 bits per heavy atom. The first kappa shape index (κ1) is 13.0. The molecular formula is C13H18O2S. The van der Waals surface area contributed by atoms with Crippen molar-refractivity contribution in [3.63, 3.8) is 0 Å². The average molecular weight is 238 g/mol. The minimum atomic E-state index is -3.18. The van der Waals surface area contributed by atoms with E-state index in [-0.39, 0.29) is 5.75 Å². The van der Waals surface area contributed by atoms with E-state index in [9.17, 15) is 8.42 Å². The molecule has 0 saturated carbocycles. The lowest BCUT2D eigenvalue weighted by Gasteiger charge is -2.10. The van der Waals surface area contributed by atoms with E-state index in [0.29, 0.717) is 4.90 Å². The van der Waals surface area contributed by atoms with Crippen LogP contribution >= 0.6 is 0 Å². The summed E-state index contributed by atoms with van der Waals surface area (Å²) in [4.78, 5) is 0.453. The Labute approximate surface area is 97.9 Å². The standard InChI is InChI=1S/C13H18O2S/c1-5-6-9-16(14,15)13-8-7-10(2)11(3)12(13)4/h5-8H,9H2,1-4H3. The molecule has 0 aliphatic heterocycles. The van der Waals surface area contributed by atoms with Crippen LogP contribution in [0, 0.1) is 20.8 Å². The monoisotopic (exact) mass is 238 g/mol. The molecule has 0 aliphatic carbocycles. The third-order valence-electron chi connectivity index (χ3n) is 2.89. The third-order valence-corrected chi connectivity index (χ3v) is 4.64. The van der Waals surface area contributed by atoms with Gasteiger partial charge in [-0.2, -0.15) is 0 Å². The maximum Gasteiger partial charge on any atom is 0.182 e. The van der Waals surface area contributed by atoms with E-state index in [1.807, 2.05) is 33.8 Å². The largest absolute Gasteiger partial charge is 0.223 e. The van der Waals surface area contributed by atoms with Gasteiger partial charge in [-0.3, -0.25) is 0 Å². The number of hydrogen-bond donors (Lipinski definition) is 0. The molecule has 16 heavy (non-hydrogen) atoms. The predicted molar refractivity (Wildman–Crippen MR) is 67.5 cm³/mol. The minimum Gasteiger partial charge on any atom is -0.223 e. The van der Waals surface area contributed by atoms with E-state index in [4.69, 9.17) is 0 Å². The van der Waals surface area contributed by atoms with Crippen molar-refractivity contribution in [2.45, 2.75) is 32.6 Å².